The minimum atomic E-state index is -0.00647. The summed E-state index contributed by atoms with van der Waals surface area (Å²) in [4.78, 5) is 7.98. The third-order valence-electron chi connectivity index (χ3n) is 4.58. The first kappa shape index (κ1) is 17.4. The van der Waals surface area contributed by atoms with Crippen molar-refractivity contribution in [2.24, 2.45) is 0 Å². The molecular weight excluding hydrogens is 459 g/mol. The van der Waals surface area contributed by atoms with Crippen molar-refractivity contribution in [2.45, 2.75) is 20.0 Å². The first-order valence-corrected chi connectivity index (χ1v) is 11.4. The Kier molecular flexibility index (Phi) is 4.65. The van der Waals surface area contributed by atoms with Crippen LogP contribution >= 0.6 is 30.3 Å². The van der Waals surface area contributed by atoms with Crippen LogP contribution < -0.4 is 0 Å². The van der Waals surface area contributed by atoms with Gasteiger partial charge in [0.25, 0.3) is 0 Å². The fourth-order valence-corrected chi connectivity index (χ4v) is 4.82. The van der Waals surface area contributed by atoms with Crippen LogP contribution in [0.1, 0.15) is 28.1 Å². The highest BCUT2D eigenvalue weighted by molar-refractivity contribution is 14.2. The van der Waals surface area contributed by atoms with Crippen LogP contribution in [0.4, 0.5) is 0 Å². The quantitative estimate of drug-likeness (QED) is 0.423. The Balaban J connectivity index is 1.85. The Morgan fingerprint density at radius 1 is 1.35 bits per heavy atom. The minimum absolute atomic E-state index is 0.00647. The molecule has 2 heterocycles. The number of nitriles is 1. The number of nitrogens with one attached hydrogen (secondary N) is 1. The molecule has 0 aliphatic rings. The molecule has 0 fully saturated rings. The zero-order valence-electron chi connectivity index (χ0n) is 14.0. The van der Waals surface area contributed by atoms with E-state index in [-0.39, 0.29) is 6.61 Å². The van der Waals surface area contributed by atoms with E-state index in [9.17, 15) is 5.11 Å². The third kappa shape index (κ3) is 2.88. The van der Waals surface area contributed by atoms with E-state index in [1.54, 1.807) is 21.3 Å². The summed E-state index contributed by atoms with van der Waals surface area (Å²) in [7, 11) is 1.63. The lowest BCUT2D eigenvalue weighted by atomic mass is 9.97. The average molecular weight is 474 g/mol. The van der Waals surface area contributed by atoms with E-state index in [1.807, 2.05) is 6.07 Å². The van der Waals surface area contributed by atoms with E-state index in [2.05, 4.69) is 66.5 Å². The maximum Gasteiger partial charge on any atom is 0.111 e. The summed E-state index contributed by atoms with van der Waals surface area (Å²) < 4.78 is 2.13. The van der Waals surface area contributed by atoms with Crippen LogP contribution in [-0.2, 0) is 13.0 Å². The van der Waals surface area contributed by atoms with Crippen LogP contribution in [0.2, 0.25) is 0 Å². The van der Waals surface area contributed by atoms with Gasteiger partial charge in [-0.25, -0.2) is 4.98 Å². The molecule has 7 heteroatoms. The number of aryl methyl sites for hydroxylation is 1. The van der Waals surface area contributed by atoms with Crippen LogP contribution in [-0.4, -0.2) is 19.0 Å². The van der Waals surface area contributed by atoms with Gasteiger partial charge in [0.05, 0.1) is 34.8 Å². The molecule has 4 aromatic rings. The average Bonchev–Trinajstić information content (AvgIpc) is 3.26. The number of aromatic nitrogens is 3. The standard InChI is InChI=1S/C19H15IN4OS/c1-11-6-13(10-25)15(14-4-5-24(26-20)19(11)14)8-18-22-16-3-2-12(9-21)7-17(16)23-18/h2-7,25H,8,10H2,1H3,(H,22,23). The molecule has 0 aliphatic carbocycles. The van der Waals surface area contributed by atoms with Crippen molar-refractivity contribution in [2.75, 3.05) is 0 Å². The lowest BCUT2D eigenvalue weighted by molar-refractivity contribution is 0.281. The van der Waals surface area contributed by atoms with Crippen LogP contribution in [0, 0.1) is 18.3 Å². The number of benzene rings is 2. The van der Waals surface area contributed by atoms with Gasteiger partial charge in [-0.15, -0.1) is 0 Å². The number of imidazole rings is 1. The van der Waals surface area contributed by atoms with E-state index in [4.69, 9.17) is 5.26 Å². The van der Waals surface area contributed by atoms with Gasteiger partial charge in [-0.2, -0.15) is 5.26 Å². The smallest absolute Gasteiger partial charge is 0.111 e. The van der Waals surface area contributed by atoms with E-state index < -0.39 is 0 Å². The zero-order valence-corrected chi connectivity index (χ0v) is 16.9. The molecule has 130 valence electrons. The van der Waals surface area contributed by atoms with Crippen LogP contribution in [0.5, 0.6) is 0 Å². The van der Waals surface area contributed by atoms with Gasteiger partial charge in [0, 0.05) is 48.3 Å². The predicted octanol–water partition coefficient (Wildman–Crippen LogP) is 4.63. The van der Waals surface area contributed by atoms with Gasteiger partial charge in [-0.05, 0) is 47.9 Å². The number of aromatic amines is 1. The summed E-state index contributed by atoms with van der Waals surface area (Å²) in [5, 5.41) is 20.1. The Bertz CT molecular complexity index is 1170. The fraction of sp³-hybridized carbons (Fsp3) is 0.158. The number of hydrogen-bond acceptors (Lipinski definition) is 4. The summed E-state index contributed by atoms with van der Waals surface area (Å²) >= 11 is 2.27. The lowest BCUT2D eigenvalue weighted by Crippen LogP contribution is -2.00. The SMILES string of the molecule is Cc1cc(CO)c(Cc2nc3cc(C#N)ccc3[nH]2)c2ccn(SI)c12. The van der Waals surface area contributed by atoms with Crippen LogP contribution in [0.15, 0.2) is 36.5 Å². The van der Waals surface area contributed by atoms with Crippen LogP contribution in [0.25, 0.3) is 21.9 Å². The molecule has 5 nitrogen and oxygen atoms in total. The zero-order chi connectivity index (χ0) is 18.3. The number of H-pyrrole nitrogens is 1. The topological polar surface area (TPSA) is 77.6 Å². The predicted molar refractivity (Wildman–Crippen MR) is 113 cm³/mol. The number of rotatable bonds is 4. The first-order valence-electron chi connectivity index (χ1n) is 8.05. The monoisotopic (exact) mass is 474 g/mol. The van der Waals surface area contributed by atoms with Crippen molar-refractivity contribution >= 4 is 52.3 Å². The van der Waals surface area contributed by atoms with Crippen molar-refractivity contribution in [1.29, 1.82) is 5.26 Å². The number of fused-ring (bicyclic) bond motifs is 2. The molecule has 0 saturated heterocycles. The molecular formula is C19H15IN4OS. The summed E-state index contributed by atoms with van der Waals surface area (Å²) in [6.45, 7) is 2.06. The largest absolute Gasteiger partial charge is 0.392 e. The molecule has 0 saturated carbocycles. The van der Waals surface area contributed by atoms with E-state index in [0.717, 1.165) is 38.9 Å². The van der Waals surface area contributed by atoms with Crippen LogP contribution in [0.3, 0.4) is 0 Å². The fourth-order valence-electron chi connectivity index (χ4n) is 3.42. The Morgan fingerprint density at radius 2 is 2.19 bits per heavy atom. The maximum absolute atomic E-state index is 9.87. The number of hydrogen-bond donors (Lipinski definition) is 2. The molecule has 26 heavy (non-hydrogen) atoms. The van der Waals surface area contributed by atoms with Crippen molar-refractivity contribution < 1.29 is 5.11 Å². The van der Waals surface area contributed by atoms with Gasteiger partial charge in [0.2, 0.25) is 0 Å². The van der Waals surface area contributed by atoms with E-state index >= 15 is 0 Å². The second-order valence-electron chi connectivity index (χ2n) is 6.17. The minimum Gasteiger partial charge on any atom is -0.392 e. The highest BCUT2D eigenvalue weighted by Crippen LogP contribution is 2.33. The normalized spacial score (nSPS) is 11.3. The second kappa shape index (κ2) is 6.95. The molecule has 2 aromatic heterocycles. The lowest BCUT2D eigenvalue weighted by Gasteiger charge is -2.12. The molecule has 0 aliphatic heterocycles. The van der Waals surface area contributed by atoms with Gasteiger partial charge in [0.1, 0.15) is 5.82 Å². The number of nitrogens with zero attached hydrogens (tertiary/aromatic N) is 3. The Hall–Kier alpha value is -2.02. The molecule has 2 N–H and O–H groups in total. The van der Waals surface area contributed by atoms with Crippen molar-refractivity contribution in [1.82, 2.24) is 13.9 Å². The highest BCUT2D eigenvalue weighted by atomic mass is 127. The Morgan fingerprint density at radius 3 is 2.92 bits per heavy atom. The van der Waals surface area contributed by atoms with E-state index in [0.29, 0.717) is 12.0 Å². The van der Waals surface area contributed by atoms with Gasteiger partial charge >= 0.3 is 0 Å². The van der Waals surface area contributed by atoms with Crippen molar-refractivity contribution in [3.05, 3.63) is 64.6 Å². The van der Waals surface area contributed by atoms with E-state index in [1.165, 1.54) is 5.52 Å². The highest BCUT2D eigenvalue weighted by Gasteiger charge is 2.15. The van der Waals surface area contributed by atoms with Crippen molar-refractivity contribution in [3.63, 3.8) is 0 Å². The molecule has 0 spiro atoms. The number of aliphatic hydroxyl groups is 1. The van der Waals surface area contributed by atoms with Gasteiger partial charge < -0.3 is 10.1 Å². The second-order valence-corrected chi connectivity index (χ2v) is 7.88. The van der Waals surface area contributed by atoms with Gasteiger partial charge in [-0.1, -0.05) is 6.07 Å². The van der Waals surface area contributed by atoms with Gasteiger partial charge in [0.15, 0.2) is 0 Å². The molecule has 0 bridgehead atoms. The third-order valence-corrected chi connectivity index (χ3v) is 6.31. The molecule has 0 atom stereocenters. The Labute approximate surface area is 166 Å². The van der Waals surface area contributed by atoms with Gasteiger partial charge in [-0.3, -0.25) is 3.97 Å². The molecule has 0 unspecified atom stereocenters. The molecule has 0 radical (unpaired) electrons. The number of aliphatic hydroxyl groups excluding tert-OH is 1. The number of halogens is 1. The van der Waals surface area contributed by atoms with Crippen molar-refractivity contribution in [3.8, 4) is 6.07 Å². The molecule has 2 aromatic carbocycles. The maximum atomic E-state index is 9.87. The molecule has 4 rings (SSSR count). The summed E-state index contributed by atoms with van der Waals surface area (Å²) in [6.07, 6.45) is 2.65. The molecule has 0 amide bonds. The summed E-state index contributed by atoms with van der Waals surface area (Å²) in [6, 6.07) is 11.7. The first-order chi connectivity index (χ1) is 12.6. The summed E-state index contributed by atoms with van der Waals surface area (Å²) in [5.41, 5.74) is 6.60. The summed E-state index contributed by atoms with van der Waals surface area (Å²) in [5.74, 6) is 0.824.